The van der Waals surface area contributed by atoms with Crippen molar-refractivity contribution in [2.24, 2.45) is 0 Å². The molecule has 0 aliphatic carbocycles. The van der Waals surface area contributed by atoms with Gasteiger partial charge in [-0.15, -0.1) is 0 Å². The van der Waals surface area contributed by atoms with Gasteiger partial charge in [-0.1, -0.05) is 11.6 Å². The number of rotatable bonds is 2. The van der Waals surface area contributed by atoms with Crippen LogP contribution >= 0.6 is 11.6 Å². The van der Waals surface area contributed by atoms with Crippen molar-refractivity contribution in [1.82, 2.24) is 9.78 Å². The van der Waals surface area contributed by atoms with E-state index in [9.17, 15) is 0 Å². The SMILES string of the molecule is COc1cnn(-c2ccc(Cl)cc2)c1. The molecule has 1 aromatic carbocycles. The van der Waals surface area contributed by atoms with Crippen LogP contribution in [0.2, 0.25) is 5.02 Å². The third-order valence-corrected chi connectivity index (χ3v) is 2.14. The number of hydrogen-bond acceptors (Lipinski definition) is 2. The Morgan fingerprint density at radius 1 is 1.29 bits per heavy atom. The molecule has 0 N–H and O–H groups in total. The molecule has 14 heavy (non-hydrogen) atoms. The van der Waals surface area contributed by atoms with Crippen LogP contribution in [0.25, 0.3) is 5.69 Å². The predicted molar refractivity (Wildman–Crippen MR) is 55.1 cm³/mol. The second-order valence-corrected chi connectivity index (χ2v) is 3.24. The summed E-state index contributed by atoms with van der Waals surface area (Å²) in [6, 6.07) is 7.44. The molecule has 4 heteroatoms. The molecule has 0 saturated carbocycles. The fraction of sp³-hybridized carbons (Fsp3) is 0.100. The topological polar surface area (TPSA) is 27.1 Å². The van der Waals surface area contributed by atoms with Crippen molar-refractivity contribution in [2.45, 2.75) is 0 Å². The van der Waals surface area contributed by atoms with Gasteiger partial charge < -0.3 is 4.74 Å². The second-order valence-electron chi connectivity index (χ2n) is 2.80. The van der Waals surface area contributed by atoms with E-state index in [-0.39, 0.29) is 0 Å². The highest BCUT2D eigenvalue weighted by molar-refractivity contribution is 6.30. The highest BCUT2D eigenvalue weighted by atomic mass is 35.5. The first-order valence-corrected chi connectivity index (χ1v) is 4.52. The Kier molecular flexibility index (Phi) is 2.41. The molecule has 0 radical (unpaired) electrons. The monoisotopic (exact) mass is 208 g/mol. The van der Waals surface area contributed by atoms with Gasteiger partial charge in [0.05, 0.1) is 25.2 Å². The first-order chi connectivity index (χ1) is 6.79. The highest BCUT2D eigenvalue weighted by Gasteiger charge is 1.99. The van der Waals surface area contributed by atoms with E-state index in [1.54, 1.807) is 18.0 Å². The lowest BCUT2D eigenvalue weighted by Gasteiger charge is -1.99. The average Bonchev–Trinajstić information content (AvgIpc) is 2.67. The number of benzene rings is 1. The summed E-state index contributed by atoms with van der Waals surface area (Å²) in [4.78, 5) is 0. The van der Waals surface area contributed by atoms with E-state index >= 15 is 0 Å². The van der Waals surface area contributed by atoms with E-state index in [1.165, 1.54) is 0 Å². The van der Waals surface area contributed by atoms with Crippen LogP contribution in [0.3, 0.4) is 0 Å². The number of halogens is 1. The van der Waals surface area contributed by atoms with Crippen LogP contribution in [0.4, 0.5) is 0 Å². The summed E-state index contributed by atoms with van der Waals surface area (Å²) in [7, 11) is 1.61. The molecule has 1 aromatic heterocycles. The van der Waals surface area contributed by atoms with E-state index < -0.39 is 0 Å². The number of methoxy groups -OCH3 is 1. The molecule has 2 aromatic rings. The third kappa shape index (κ3) is 1.72. The van der Waals surface area contributed by atoms with E-state index in [4.69, 9.17) is 16.3 Å². The van der Waals surface area contributed by atoms with Gasteiger partial charge in [0.25, 0.3) is 0 Å². The molecule has 0 unspecified atom stereocenters. The number of ether oxygens (including phenoxy) is 1. The Morgan fingerprint density at radius 2 is 2.00 bits per heavy atom. The van der Waals surface area contributed by atoms with Crippen LogP contribution < -0.4 is 4.74 Å². The number of aromatic nitrogens is 2. The second kappa shape index (κ2) is 3.72. The largest absolute Gasteiger partial charge is 0.493 e. The highest BCUT2D eigenvalue weighted by Crippen LogP contribution is 2.15. The molecule has 0 saturated heterocycles. The molecule has 0 atom stereocenters. The molecule has 3 nitrogen and oxygen atoms in total. The molecular formula is C10H9ClN2O. The fourth-order valence-electron chi connectivity index (χ4n) is 1.15. The number of hydrogen-bond donors (Lipinski definition) is 0. The maximum atomic E-state index is 5.78. The quantitative estimate of drug-likeness (QED) is 0.759. The average molecular weight is 209 g/mol. The van der Waals surface area contributed by atoms with Crippen molar-refractivity contribution in [3.63, 3.8) is 0 Å². The van der Waals surface area contributed by atoms with Gasteiger partial charge in [0.1, 0.15) is 0 Å². The molecule has 0 fully saturated rings. The lowest BCUT2D eigenvalue weighted by molar-refractivity contribution is 0.414. The summed E-state index contributed by atoms with van der Waals surface area (Å²) >= 11 is 5.78. The minimum atomic E-state index is 0.716. The minimum absolute atomic E-state index is 0.716. The molecule has 0 amide bonds. The van der Waals surface area contributed by atoms with Gasteiger partial charge in [-0.25, -0.2) is 4.68 Å². The van der Waals surface area contributed by atoms with Crippen LogP contribution in [0.15, 0.2) is 36.7 Å². The number of nitrogens with zero attached hydrogens (tertiary/aromatic N) is 2. The molecular weight excluding hydrogens is 200 g/mol. The first kappa shape index (κ1) is 9.09. The fourth-order valence-corrected chi connectivity index (χ4v) is 1.27. The van der Waals surface area contributed by atoms with Crippen LogP contribution in [0.1, 0.15) is 0 Å². The van der Waals surface area contributed by atoms with E-state index in [0.717, 1.165) is 11.4 Å². The van der Waals surface area contributed by atoms with Gasteiger partial charge >= 0.3 is 0 Å². The normalized spacial score (nSPS) is 10.1. The van der Waals surface area contributed by atoms with E-state index in [2.05, 4.69) is 5.10 Å². The smallest absolute Gasteiger partial charge is 0.157 e. The Balaban J connectivity index is 2.34. The zero-order chi connectivity index (χ0) is 9.97. The van der Waals surface area contributed by atoms with Gasteiger partial charge in [0.2, 0.25) is 0 Å². The van der Waals surface area contributed by atoms with Crippen LogP contribution in [-0.4, -0.2) is 16.9 Å². The summed E-state index contributed by atoms with van der Waals surface area (Å²) in [5.74, 6) is 0.736. The van der Waals surface area contributed by atoms with E-state index in [0.29, 0.717) is 5.02 Å². The van der Waals surface area contributed by atoms with Crippen molar-refractivity contribution in [3.8, 4) is 11.4 Å². The maximum Gasteiger partial charge on any atom is 0.157 e. The van der Waals surface area contributed by atoms with Gasteiger partial charge in [0, 0.05) is 5.02 Å². The summed E-state index contributed by atoms with van der Waals surface area (Å²) in [6.07, 6.45) is 3.47. The predicted octanol–water partition coefficient (Wildman–Crippen LogP) is 2.53. The van der Waals surface area contributed by atoms with E-state index in [1.807, 2.05) is 30.5 Å². The Bertz CT molecular complexity index is 422. The first-order valence-electron chi connectivity index (χ1n) is 4.14. The lowest BCUT2D eigenvalue weighted by atomic mass is 10.3. The summed E-state index contributed by atoms with van der Waals surface area (Å²) in [5.41, 5.74) is 0.956. The van der Waals surface area contributed by atoms with Gasteiger partial charge in [-0.3, -0.25) is 0 Å². The molecule has 0 aliphatic rings. The third-order valence-electron chi connectivity index (χ3n) is 1.89. The minimum Gasteiger partial charge on any atom is -0.493 e. The molecule has 2 rings (SSSR count). The zero-order valence-corrected chi connectivity index (χ0v) is 8.40. The van der Waals surface area contributed by atoms with Gasteiger partial charge in [-0.05, 0) is 24.3 Å². The summed E-state index contributed by atoms with van der Waals surface area (Å²) in [6.45, 7) is 0. The lowest BCUT2D eigenvalue weighted by Crippen LogP contribution is -1.92. The van der Waals surface area contributed by atoms with Crippen molar-refractivity contribution in [1.29, 1.82) is 0 Å². The Labute approximate surface area is 86.9 Å². The molecule has 0 spiro atoms. The Hall–Kier alpha value is -1.48. The molecule has 1 heterocycles. The molecule has 72 valence electrons. The van der Waals surface area contributed by atoms with Gasteiger partial charge in [0.15, 0.2) is 5.75 Å². The zero-order valence-electron chi connectivity index (χ0n) is 7.64. The van der Waals surface area contributed by atoms with Crippen molar-refractivity contribution < 1.29 is 4.74 Å². The van der Waals surface area contributed by atoms with Crippen molar-refractivity contribution in [3.05, 3.63) is 41.7 Å². The van der Waals surface area contributed by atoms with Gasteiger partial charge in [-0.2, -0.15) is 5.10 Å². The van der Waals surface area contributed by atoms with Crippen molar-refractivity contribution in [2.75, 3.05) is 7.11 Å². The maximum absolute atomic E-state index is 5.78. The summed E-state index contributed by atoms with van der Waals surface area (Å²) < 4.78 is 6.76. The van der Waals surface area contributed by atoms with Crippen LogP contribution in [-0.2, 0) is 0 Å². The van der Waals surface area contributed by atoms with Crippen LogP contribution in [0, 0.1) is 0 Å². The van der Waals surface area contributed by atoms with Crippen molar-refractivity contribution >= 4 is 11.6 Å². The molecule has 0 aliphatic heterocycles. The molecule has 0 bridgehead atoms. The van der Waals surface area contributed by atoms with Crippen LogP contribution in [0.5, 0.6) is 5.75 Å². The summed E-state index contributed by atoms with van der Waals surface area (Å²) in [5, 5.41) is 4.85. The Morgan fingerprint density at radius 3 is 2.57 bits per heavy atom. The standard InChI is InChI=1S/C10H9ClN2O/c1-14-10-6-12-13(7-10)9-4-2-8(11)3-5-9/h2-7H,1H3.